The van der Waals surface area contributed by atoms with Crippen LogP contribution in [-0.2, 0) is 14.8 Å². The Balaban J connectivity index is 2.16. The highest BCUT2D eigenvalue weighted by atomic mass is 32.2. The van der Waals surface area contributed by atoms with E-state index in [1.165, 1.54) is 0 Å². The fourth-order valence-electron chi connectivity index (χ4n) is 1.64. The molecule has 94 valence electrons. The van der Waals surface area contributed by atoms with Crippen LogP contribution in [0.25, 0.3) is 0 Å². The van der Waals surface area contributed by atoms with E-state index in [0.717, 1.165) is 5.56 Å². The van der Waals surface area contributed by atoms with Gasteiger partial charge in [0, 0.05) is 0 Å². The van der Waals surface area contributed by atoms with Gasteiger partial charge in [-0.25, -0.2) is 13.1 Å². The van der Waals surface area contributed by atoms with Crippen molar-refractivity contribution in [2.75, 3.05) is 13.2 Å². The molecule has 0 amide bonds. The first-order valence-electron chi connectivity index (χ1n) is 5.34. The monoisotopic (exact) mass is 257 g/mol. The van der Waals surface area contributed by atoms with Gasteiger partial charge >= 0.3 is 0 Å². The number of sulfonamides is 1. The molecule has 17 heavy (non-hydrogen) atoms. The number of rotatable bonds is 3. The molecule has 1 heterocycles. The summed E-state index contributed by atoms with van der Waals surface area (Å²) in [6.45, 7) is 2.26. The second kappa shape index (κ2) is 4.73. The van der Waals surface area contributed by atoms with Crippen molar-refractivity contribution in [1.82, 2.24) is 4.72 Å². The lowest BCUT2D eigenvalue weighted by atomic mass is 10.2. The molecule has 0 aliphatic carbocycles. The Morgan fingerprint density at radius 1 is 1.29 bits per heavy atom. The van der Waals surface area contributed by atoms with E-state index < -0.39 is 22.2 Å². The van der Waals surface area contributed by atoms with Gasteiger partial charge < -0.3 is 9.84 Å². The fourth-order valence-corrected chi connectivity index (χ4v) is 2.89. The molecule has 0 aromatic heterocycles. The minimum absolute atomic E-state index is 0.168. The third kappa shape index (κ3) is 2.84. The van der Waals surface area contributed by atoms with Gasteiger partial charge in [0.1, 0.15) is 0 Å². The third-order valence-electron chi connectivity index (χ3n) is 2.69. The molecule has 2 rings (SSSR count). The van der Waals surface area contributed by atoms with E-state index in [-0.39, 0.29) is 18.1 Å². The molecule has 0 radical (unpaired) electrons. The van der Waals surface area contributed by atoms with E-state index in [0.29, 0.717) is 0 Å². The normalized spacial score (nSPS) is 25.1. The van der Waals surface area contributed by atoms with Crippen molar-refractivity contribution in [3.8, 4) is 0 Å². The zero-order valence-corrected chi connectivity index (χ0v) is 10.3. The van der Waals surface area contributed by atoms with Gasteiger partial charge in [-0.3, -0.25) is 0 Å². The maximum absolute atomic E-state index is 12.0. The summed E-state index contributed by atoms with van der Waals surface area (Å²) in [4.78, 5) is 0.196. The topological polar surface area (TPSA) is 75.6 Å². The maximum atomic E-state index is 12.0. The molecular weight excluding hydrogens is 242 g/mol. The number of hydrogen-bond acceptors (Lipinski definition) is 4. The van der Waals surface area contributed by atoms with E-state index in [2.05, 4.69) is 4.72 Å². The van der Waals surface area contributed by atoms with Crippen molar-refractivity contribution in [3.63, 3.8) is 0 Å². The largest absolute Gasteiger partial charge is 0.389 e. The molecule has 2 atom stereocenters. The number of aliphatic hydroxyl groups excluding tert-OH is 1. The molecule has 0 unspecified atom stereocenters. The van der Waals surface area contributed by atoms with E-state index in [9.17, 15) is 13.5 Å². The van der Waals surface area contributed by atoms with Gasteiger partial charge in [0.15, 0.2) is 0 Å². The van der Waals surface area contributed by atoms with E-state index >= 15 is 0 Å². The molecule has 1 aliphatic heterocycles. The second-order valence-corrected chi connectivity index (χ2v) is 5.86. The summed E-state index contributed by atoms with van der Waals surface area (Å²) in [6, 6.07) is 5.98. The van der Waals surface area contributed by atoms with Crippen molar-refractivity contribution in [3.05, 3.63) is 29.8 Å². The zero-order chi connectivity index (χ0) is 12.5. The Labute approximate surface area is 100 Å². The Hall–Kier alpha value is -0.950. The summed E-state index contributed by atoms with van der Waals surface area (Å²) in [5.41, 5.74) is 0.994. The Morgan fingerprint density at radius 2 is 1.94 bits per heavy atom. The van der Waals surface area contributed by atoms with Gasteiger partial charge in [-0.15, -0.1) is 0 Å². The van der Waals surface area contributed by atoms with Crippen LogP contribution >= 0.6 is 0 Å². The number of aliphatic hydroxyl groups is 1. The van der Waals surface area contributed by atoms with Crippen LogP contribution in [0, 0.1) is 6.92 Å². The SMILES string of the molecule is Cc1ccc(S(=O)(=O)N[C@H]2COC[C@@H]2O)cc1. The van der Waals surface area contributed by atoms with Crippen LogP contribution in [0.3, 0.4) is 0 Å². The van der Waals surface area contributed by atoms with Gasteiger partial charge in [-0.05, 0) is 19.1 Å². The number of nitrogens with one attached hydrogen (secondary N) is 1. The van der Waals surface area contributed by atoms with Crippen molar-refractivity contribution in [2.45, 2.75) is 24.0 Å². The third-order valence-corrected chi connectivity index (χ3v) is 4.19. The second-order valence-electron chi connectivity index (χ2n) is 4.15. The summed E-state index contributed by atoms with van der Waals surface area (Å²) < 4.78 is 31.4. The maximum Gasteiger partial charge on any atom is 0.240 e. The standard InChI is InChI=1S/C11H15NO4S/c1-8-2-4-9(5-3-8)17(14,15)12-10-6-16-7-11(10)13/h2-5,10-13H,6-7H2,1H3/t10-,11-/m0/s1. The molecule has 1 saturated heterocycles. The van der Waals surface area contributed by atoms with Crippen LogP contribution in [0.2, 0.25) is 0 Å². The first kappa shape index (κ1) is 12.5. The lowest BCUT2D eigenvalue weighted by molar-refractivity contribution is 0.124. The molecule has 0 bridgehead atoms. The summed E-state index contributed by atoms with van der Waals surface area (Å²) in [7, 11) is -3.58. The number of benzene rings is 1. The summed E-state index contributed by atoms with van der Waals surface area (Å²) in [6.07, 6.45) is -0.782. The molecule has 2 N–H and O–H groups in total. The van der Waals surface area contributed by atoms with E-state index in [4.69, 9.17) is 4.74 Å². The number of hydrogen-bond donors (Lipinski definition) is 2. The molecule has 6 heteroatoms. The highest BCUT2D eigenvalue weighted by Crippen LogP contribution is 2.13. The van der Waals surface area contributed by atoms with Crippen molar-refractivity contribution in [2.24, 2.45) is 0 Å². The summed E-state index contributed by atoms with van der Waals surface area (Å²) >= 11 is 0. The van der Waals surface area contributed by atoms with Crippen molar-refractivity contribution >= 4 is 10.0 Å². The first-order chi connectivity index (χ1) is 7.99. The Bertz CT molecular complexity index is 483. The van der Waals surface area contributed by atoms with Gasteiger partial charge in [0.2, 0.25) is 10.0 Å². The molecule has 1 aliphatic rings. The van der Waals surface area contributed by atoms with Crippen LogP contribution in [0.15, 0.2) is 29.2 Å². The lowest BCUT2D eigenvalue weighted by Gasteiger charge is -2.14. The first-order valence-corrected chi connectivity index (χ1v) is 6.82. The predicted molar refractivity (Wildman–Crippen MR) is 62.1 cm³/mol. The van der Waals surface area contributed by atoms with Gasteiger partial charge in [-0.1, -0.05) is 17.7 Å². The lowest BCUT2D eigenvalue weighted by Crippen LogP contribution is -2.42. The van der Waals surface area contributed by atoms with Gasteiger partial charge in [0.25, 0.3) is 0 Å². The molecule has 0 spiro atoms. The van der Waals surface area contributed by atoms with E-state index in [1.54, 1.807) is 24.3 Å². The van der Waals surface area contributed by atoms with Crippen LogP contribution < -0.4 is 4.72 Å². The van der Waals surface area contributed by atoms with Crippen molar-refractivity contribution < 1.29 is 18.3 Å². The van der Waals surface area contributed by atoms with E-state index in [1.807, 2.05) is 6.92 Å². The zero-order valence-electron chi connectivity index (χ0n) is 9.46. The quantitative estimate of drug-likeness (QED) is 0.801. The highest BCUT2D eigenvalue weighted by Gasteiger charge is 2.30. The molecule has 1 aromatic rings. The average Bonchev–Trinajstić information content (AvgIpc) is 2.64. The summed E-state index contributed by atoms with van der Waals surface area (Å²) in [5.74, 6) is 0. The molecule has 1 fully saturated rings. The van der Waals surface area contributed by atoms with Crippen LogP contribution in [0.5, 0.6) is 0 Å². The number of aryl methyl sites for hydroxylation is 1. The average molecular weight is 257 g/mol. The Morgan fingerprint density at radius 3 is 2.47 bits per heavy atom. The number of ether oxygens (including phenoxy) is 1. The van der Waals surface area contributed by atoms with Gasteiger partial charge in [0.05, 0.1) is 30.3 Å². The molecule has 5 nitrogen and oxygen atoms in total. The smallest absolute Gasteiger partial charge is 0.240 e. The van der Waals surface area contributed by atoms with Gasteiger partial charge in [-0.2, -0.15) is 0 Å². The fraction of sp³-hybridized carbons (Fsp3) is 0.455. The molecule has 0 saturated carbocycles. The van der Waals surface area contributed by atoms with Crippen LogP contribution in [-0.4, -0.2) is 38.9 Å². The molecule has 1 aromatic carbocycles. The Kier molecular flexibility index (Phi) is 3.48. The summed E-state index contributed by atoms with van der Waals surface area (Å²) in [5, 5.41) is 9.49. The predicted octanol–water partition coefficient (Wildman–Crippen LogP) is 0.0330. The van der Waals surface area contributed by atoms with Crippen molar-refractivity contribution in [1.29, 1.82) is 0 Å². The highest BCUT2D eigenvalue weighted by molar-refractivity contribution is 7.89. The minimum atomic E-state index is -3.58. The van der Waals surface area contributed by atoms with Crippen LogP contribution in [0.1, 0.15) is 5.56 Å². The molecular formula is C11H15NO4S. The van der Waals surface area contributed by atoms with Crippen LogP contribution in [0.4, 0.5) is 0 Å². The minimum Gasteiger partial charge on any atom is -0.389 e.